The summed E-state index contributed by atoms with van der Waals surface area (Å²) in [6.07, 6.45) is -1.89. The van der Waals surface area contributed by atoms with Gasteiger partial charge in [0.05, 0.1) is 13.2 Å². The normalized spacial score (nSPS) is 13.4. The average molecular weight is 540 g/mol. The van der Waals surface area contributed by atoms with Crippen molar-refractivity contribution in [3.8, 4) is 0 Å². The van der Waals surface area contributed by atoms with Gasteiger partial charge in [0.25, 0.3) is 0 Å². The second kappa shape index (κ2) is 12.3. The Morgan fingerprint density at radius 2 is 1.65 bits per heavy atom. The molecule has 166 valence electrons. The van der Waals surface area contributed by atoms with E-state index in [0.717, 1.165) is 14.7 Å². The summed E-state index contributed by atoms with van der Waals surface area (Å²) < 4.78 is 10.9. The highest BCUT2D eigenvalue weighted by Gasteiger charge is 2.30. The van der Waals surface area contributed by atoms with Gasteiger partial charge in [0.2, 0.25) is 5.91 Å². The predicted octanol–water partition coefficient (Wildman–Crippen LogP) is 2.17. The molecule has 0 unspecified atom stereocenters. The Labute approximate surface area is 194 Å². The number of nitrogens with one attached hydrogen (secondary N) is 2. The molecule has 2 rings (SSSR count). The molecule has 9 heteroatoms. The van der Waals surface area contributed by atoms with Gasteiger partial charge in [-0.2, -0.15) is 0 Å². The first-order valence-electron chi connectivity index (χ1n) is 9.58. The maximum absolute atomic E-state index is 12.7. The molecule has 2 amide bonds. The molecular weight excluding hydrogens is 515 g/mol. The summed E-state index contributed by atoms with van der Waals surface area (Å²) in [4.78, 5) is 37.0. The summed E-state index contributed by atoms with van der Waals surface area (Å²) in [7, 11) is 1.22. The van der Waals surface area contributed by atoms with E-state index in [1.165, 1.54) is 14.0 Å². The zero-order valence-corrected chi connectivity index (χ0v) is 19.4. The van der Waals surface area contributed by atoms with E-state index in [1.807, 2.05) is 42.5 Å². The van der Waals surface area contributed by atoms with E-state index in [0.29, 0.717) is 0 Å². The standard InChI is InChI=1S/C22H25IN2O6/c1-14(26)19(25-22(29)31-13-16-6-4-3-5-7-16)20(27)24-18(21(28)30-2)12-15-8-10-17(23)11-9-15/h3-11,14,18-19,26H,12-13H2,1-2H3,(H,24,27)(H,25,29)/t14-,18-,19+/m1/s1. The van der Waals surface area contributed by atoms with Crippen molar-refractivity contribution in [2.24, 2.45) is 0 Å². The van der Waals surface area contributed by atoms with Gasteiger partial charge in [0.1, 0.15) is 18.7 Å². The lowest BCUT2D eigenvalue weighted by Crippen LogP contribution is -2.56. The fourth-order valence-corrected chi connectivity index (χ4v) is 3.11. The van der Waals surface area contributed by atoms with Crippen molar-refractivity contribution >= 4 is 40.6 Å². The second-order valence-corrected chi connectivity index (χ2v) is 8.08. The summed E-state index contributed by atoms with van der Waals surface area (Å²) in [6.45, 7) is 1.37. The molecule has 31 heavy (non-hydrogen) atoms. The third-order valence-electron chi connectivity index (χ3n) is 4.41. The molecule has 2 aromatic rings. The number of esters is 1. The number of amides is 2. The molecule has 2 aromatic carbocycles. The Kier molecular flexibility index (Phi) is 9.73. The Morgan fingerprint density at radius 1 is 1.00 bits per heavy atom. The van der Waals surface area contributed by atoms with Crippen LogP contribution in [0.3, 0.4) is 0 Å². The number of hydrogen-bond donors (Lipinski definition) is 3. The van der Waals surface area contributed by atoms with Crippen molar-refractivity contribution in [2.75, 3.05) is 7.11 Å². The Hall–Kier alpha value is -2.66. The molecule has 0 aliphatic heterocycles. The zero-order valence-electron chi connectivity index (χ0n) is 17.2. The number of hydrogen-bond acceptors (Lipinski definition) is 6. The third-order valence-corrected chi connectivity index (χ3v) is 5.13. The molecular formula is C22H25IN2O6. The first kappa shape index (κ1) is 24.6. The smallest absolute Gasteiger partial charge is 0.408 e. The quantitative estimate of drug-likeness (QED) is 0.332. The molecule has 0 aromatic heterocycles. The number of aliphatic hydroxyl groups is 1. The van der Waals surface area contributed by atoms with Crippen LogP contribution in [0.5, 0.6) is 0 Å². The lowest BCUT2D eigenvalue weighted by molar-refractivity contribution is -0.145. The average Bonchev–Trinajstić information content (AvgIpc) is 2.76. The van der Waals surface area contributed by atoms with E-state index < -0.39 is 36.2 Å². The maximum Gasteiger partial charge on any atom is 0.408 e. The van der Waals surface area contributed by atoms with Crippen LogP contribution < -0.4 is 10.6 Å². The SMILES string of the molecule is COC(=O)[C@@H](Cc1ccc(I)cc1)NC(=O)[C@@H](NC(=O)OCc1ccccc1)[C@@H](C)O. The van der Waals surface area contributed by atoms with Gasteiger partial charge in [-0.15, -0.1) is 0 Å². The number of ether oxygens (including phenoxy) is 2. The number of benzene rings is 2. The number of alkyl carbamates (subject to hydrolysis) is 1. The van der Waals surface area contributed by atoms with Crippen LogP contribution >= 0.6 is 22.6 Å². The molecule has 3 N–H and O–H groups in total. The Balaban J connectivity index is 2.00. The van der Waals surface area contributed by atoms with Crippen LogP contribution in [0.4, 0.5) is 4.79 Å². The van der Waals surface area contributed by atoms with Crippen LogP contribution in [-0.2, 0) is 32.1 Å². The van der Waals surface area contributed by atoms with E-state index in [2.05, 4.69) is 33.2 Å². The molecule has 0 radical (unpaired) electrons. The summed E-state index contributed by atoms with van der Waals surface area (Å²) >= 11 is 2.17. The van der Waals surface area contributed by atoms with Gasteiger partial charge in [-0.1, -0.05) is 42.5 Å². The predicted molar refractivity (Wildman–Crippen MR) is 122 cm³/mol. The zero-order chi connectivity index (χ0) is 22.8. The van der Waals surface area contributed by atoms with Crippen molar-refractivity contribution in [1.82, 2.24) is 10.6 Å². The van der Waals surface area contributed by atoms with Crippen LogP contribution in [0.2, 0.25) is 0 Å². The molecule has 0 aliphatic carbocycles. The largest absolute Gasteiger partial charge is 0.467 e. The van der Waals surface area contributed by atoms with Gasteiger partial charge in [0.15, 0.2) is 0 Å². The van der Waals surface area contributed by atoms with Crippen molar-refractivity contribution in [3.63, 3.8) is 0 Å². The van der Waals surface area contributed by atoms with Crippen LogP contribution in [0.1, 0.15) is 18.1 Å². The summed E-state index contributed by atoms with van der Waals surface area (Å²) in [5.74, 6) is -1.37. The van der Waals surface area contributed by atoms with Crippen LogP contribution in [-0.4, -0.2) is 48.4 Å². The van der Waals surface area contributed by atoms with E-state index in [-0.39, 0.29) is 13.0 Å². The van der Waals surface area contributed by atoms with Gasteiger partial charge in [-0.05, 0) is 52.8 Å². The van der Waals surface area contributed by atoms with Crippen molar-refractivity contribution in [3.05, 3.63) is 69.3 Å². The lowest BCUT2D eigenvalue weighted by Gasteiger charge is -2.24. The minimum absolute atomic E-state index is 0.0123. The first-order chi connectivity index (χ1) is 14.8. The highest BCUT2D eigenvalue weighted by Crippen LogP contribution is 2.10. The number of methoxy groups -OCH3 is 1. The molecule has 0 saturated heterocycles. The van der Waals surface area contributed by atoms with Crippen molar-refractivity contribution in [2.45, 2.75) is 38.1 Å². The van der Waals surface area contributed by atoms with E-state index in [1.54, 1.807) is 12.1 Å². The number of halogens is 1. The highest BCUT2D eigenvalue weighted by atomic mass is 127. The van der Waals surface area contributed by atoms with Crippen molar-refractivity contribution in [1.29, 1.82) is 0 Å². The highest BCUT2D eigenvalue weighted by molar-refractivity contribution is 14.1. The van der Waals surface area contributed by atoms with Gasteiger partial charge in [-0.25, -0.2) is 9.59 Å². The first-order valence-corrected chi connectivity index (χ1v) is 10.7. The number of aliphatic hydroxyl groups excluding tert-OH is 1. The maximum atomic E-state index is 12.7. The van der Waals surface area contributed by atoms with Crippen LogP contribution in [0, 0.1) is 3.57 Å². The van der Waals surface area contributed by atoms with E-state index in [4.69, 9.17) is 9.47 Å². The number of carbonyl (C=O) groups is 3. The topological polar surface area (TPSA) is 114 Å². The molecule has 8 nitrogen and oxygen atoms in total. The van der Waals surface area contributed by atoms with Gasteiger partial charge < -0.3 is 25.2 Å². The summed E-state index contributed by atoms with van der Waals surface area (Å²) in [5.41, 5.74) is 1.60. The van der Waals surface area contributed by atoms with Crippen LogP contribution in [0.25, 0.3) is 0 Å². The fraction of sp³-hybridized carbons (Fsp3) is 0.318. The van der Waals surface area contributed by atoms with E-state index >= 15 is 0 Å². The van der Waals surface area contributed by atoms with Gasteiger partial charge >= 0.3 is 12.1 Å². The van der Waals surface area contributed by atoms with Crippen molar-refractivity contribution < 1.29 is 29.0 Å². The molecule has 0 fully saturated rings. The Bertz CT molecular complexity index is 873. The number of rotatable bonds is 9. The fourth-order valence-electron chi connectivity index (χ4n) is 2.75. The van der Waals surface area contributed by atoms with E-state index in [9.17, 15) is 19.5 Å². The molecule has 3 atom stereocenters. The Morgan fingerprint density at radius 3 is 2.23 bits per heavy atom. The second-order valence-electron chi connectivity index (χ2n) is 6.84. The molecule has 0 heterocycles. The molecule has 0 bridgehead atoms. The lowest BCUT2D eigenvalue weighted by atomic mass is 10.0. The third kappa shape index (κ3) is 8.18. The summed E-state index contributed by atoms with van der Waals surface area (Å²) in [6, 6.07) is 14.2. The minimum Gasteiger partial charge on any atom is -0.467 e. The number of carbonyl (C=O) groups excluding carboxylic acids is 3. The monoisotopic (exact) mass is 540 g/mol. The van der Waals surface area contributed by atoms with Gasteiger partial charge in [-0.3, -0.25) is 4.79 Å². The molecule has 0 saturated carbocycles. The minimum atomic E-state index is -1.31. The summed E-state index contributed by atoms with van der Waals surface area (Å²) in [5, 5.41) is 14.9. The molecule has 0 spiro atoms. The van der Waals surface area contributed by atoms with Crippen LogP contribution in [0.15, 0.2) is 54.6 Å². The molecule has 0 aliphatic rings. The van der Waals surface area contributed by atoms with Gasteiger partial charge in [0, 0.05) is 9.99 Å².